The number of benzene rings is 2. The van der Waals surface area contributed by atoms with Crippen LogP contribution in [0.3, 0.4) is 0 Å². The second-order valence-electron chi connectivity index (χ2n) is 7.37. The molecule has 0 radical (unpaired) electrons. The number of anilines is 1. The summed E-state index contributed by atoms with van der Waals surface area (Å²) in [5.41, 5.74) is 2.54. The van der Waals surface area contributed by atoms with Crippen molar-refractivity contribution < 1.29 is 28.5 Å². The summed E-state index contributed by atoms with van der Waals surface area (Å²) in [7, 11) is 4.58. The van der Waals surface area contributed by atoms with Crippen molar-refractivity contribution >= 4 is 28.3 Å². The molecule has 1 heterocycles. The van der Waals surface area contributed by atoms with Crippen LogP contribution < -0.4 is 19.1 Å². The van der Waals surface area contributed by atoms with Crippen LogP contribution in [0.25, 0.3) is 11.3 Å². The van der Waals surface area contributed by atoms with E-state index in [0.29, 0.717) is 28.8 Å². The van der Waals surface area contributed by atoms with Crippen molar-refractivity contribution in [3.8, 4) is 28.5 Å². The van der Waals surface area contributed by atoms with Crippen LogP contribution in [0.4, 0.5) is 5.13 Å². The van der Waals surface area contributed by atoms with E-state index in [4.69, 9.17) is 18.9 Å². The Morgan fingerprint density at radius 3 is 2.34 bits per heavy atom. The summed E-state index contributed by atoms with van der Waals surface area (Å²) in [6.07, 6.45) is 2.07. The minimum absolute atomic E-state index is 0.0861. The molecule has 0 N–H and O–H groups in total. The van der Waals surface area contributed by atoms with Gasteiger partial charge in [-0.3, -0.25) is 14.5 Å². The first kappa shape index (κ1) is 25.8. The molecule has 1 aromatic heterocycles. The topological polar surface area (TPSA) is 87.2 Å². The summed E-state index contributed by atoms with van der Waals surface area (Å²) in [5, 5.41) is 2.40. The Bertz CT molecular complexity index is 1140. The van der Waals surface area contributed by atoms with Gasteiger partial charge in [0.15, 0.2) is 23.2 Å². The number of carbonyl (C=O) groups excluding carboxylic acids is 2. The first-order valence-electron chi connectivity index (χ1n) is 10.9. The molecule has 9 heteroatoms. The number of aromatic nitrogens is 1. The number of amides is 1. The highest BCUT2D eigenvalue weighted by atomic mass is 32.1. The van der Waals surface area contributed by atoms with Crippen molar-refractivity contribution in [3.63, 3.8) is 0 Å². The summed E-state index contributed by atoms with van der Waals surface area (Å²) >= 11 is 1.34. The molecule has 1 amide bonds. The largest absolute Gasteiger partial charge is 0.493 e. The highest BCUT2D eigenvalue weighted by molar-refractivity contribution is 7.14. The predicted octanol–water partition coefficient (Wildman–Crippen LogP) is 4.53. The summed E-state index contributed by atoms with van der Waals surface area (Å²) in [5.74, 6) is 0.620. The Hall–Kier alpha value is -3.85. The number of aryl methyl sites for hydroxylation is 1. The van der Waals surface area contributed by atoms with Crippen molar-refractivity contribution in [2.75, 3.05) is 39.4 Å². The van der Waals surface area contributed by atoms with E-state index < -0.39 is 5.97 Å². The second kappa shape index (κ2) is 12.6. The molecule has 0 aliphatic heterocycles. The van der Waals surface area contributed by atoms with Gasteiger partial charge in [-0.2, -0.15) is 0 Å². The lowest BCUT2D eigenvalue weighted by atomic mass is 10.1. The Morgan fingerprint density at radius 1 is 1.06 bits per heavy atom. The molecule has 184 valence electrons. The molecular formula is C26H28N2O6S. The van der Waals surface area contributed by atoms with Crippen molar-refractivity contribution in [2.45, 2.75) is 12.8 Å². The van der Waals surface area contributed by atoms with E-state index in [1.807, 2.05) is 35.7 Å². The average molecular weight is 497 g/mol. The van der Waals surface area contributed by atoms with E-state index in [2.05, 4.69) is 11.6 Å². The van der Waals surface area contributed by atoms with Crippen molar-refractivity contribution in [2.24, 2.45) is 0 Å². The molecule has 3 rings (SSSR count). The Kier molecular flexibility index (Phi) is 9.25. The highest BCUT2D eigenvalue weighted by Crippen LogP contribution is 2.38. The van der Waals surface area contributed by atoms with Gasteiger partial charge in [0.2, 0.25) is 5.75 Å². The fraction of sp³-hybridized carbons (Fsp3) is 0.269. The number of hydrogen-bond acceptors (Lipinski definition) is 8. The number of carbonyl (C=O) groups is 2. The van der Waals surface area contributed by atoms with Crippen LogP contribution in [0.15, 0.2) is 60.5 Å². The van der Waals surface area contributed by atoms with Crippen LogP contribution >= 0.6 is 11.3 Å². The molecule has 8 nitrogen and oxygen atoms in total. The van der Waals surface area contributed by atoms with Gasteiger partial charge in [-0.25, -0.2) is 4.98 Å². The quantitative estimate of drug-likeness (QED) is 0.269. The first-order chi connectivity index (χ1) is 17.0. The van der Waals surface area contributed by atoms with Crippen LogP contribution in [0, 0.1) is 0 Å². The van der Waals surface area contributed by atoms with E-state index >= 15 is 0 Å². The third kappa shape index (κ3) is 6.60. The van der Waals surface area contributed by atoms with E-state index in [1.165, 1.54) is 37.6 Å². The van der Waals surface area contributed by atoms with E-state index in [0.717, 1.165) is 16.8 Å². The summed E-state index contributed by atoms with van der Waals surface area (Å²) < 4.78 is 21.2. The summed E-state index contributed by atoms with van der Waals surface area (Å²) in [4.78, 5) is 31.2. The van der Waals surface area contributed by atoms with Crippen LogP contribution in [0.5, 0.6) is 17.2 Å². The van der Waals surface area contributed by atoms with E-state index in [-0.39, 0.29) is 25.5 Å². The Labute approximate surface area is 208 Å². The van der Waals surface area contributed by atoms with E-state index in [1.54, 1.807) is 18.2 Å². The predicted molar refractivity (Wildman–Crippen MR) is 135 cm³/mol. The maximum Gasteiger partial charge on any atom is 0.306 e. The van der Waals surface area contributed by atoms with Gasteiger partial charge in [0.05, 0.1) is 27.0 Å². The van der Waals surface area contributed by atoms with Gasteiger partial charge >= 0.3 is 5.97 Å². The number of thiazole rings is 1. The molecule has 0 bridgehead atoms. The molecule has 0 aliphatic carbocycles. The molecule has 35 heavy (non-hydrogen) atoms. The van der Waals surface area contributed by atoms with Crippen LogP contribution in [0.2, 0.25) is 0 Å². The lowest BCUT2D eigenvalue weighted by molar-refractivity contribution is -0.147. The van der Waals surface area contributed by atoms with Crippen LogP contribution in [-0.2, 0) is 20.7 Å². The lowest BCUT2D eigenvalue weighted by Gasteiger charge is -2.18. The van der Waals surface area contributed by atoms with E-state index in [9.17, 15) is 9.59 Å². The SMILES string of the molecule is C=CCN(C(=O)COC(=O)CCc1cc(OC)c(OC)c(OC)c1)c1nc(-c2ccccc2)cs1. The minimum atomic E-state index is -0.491. The third-order valence-corrected chi connectivity index (χ3v) is 5.97. The van der Waals surface area contributed by atoms with Gasteiger partial charge in [-0.05, 0) is 24.1 Å². The monoisotopic (exact) mass is 496 g/mol. The van der Waals surface area contributed by atoms with Gasteiger partial charge in [0.1, 0.15) is 0 Å². The van der Waals surface area contributed by atoms with Crippen LogP contribution in [-0.4, -0.2) is 51.3 Å². The standard InChI is InChI=1S/C26H28N2O6S/c1-5-13-28(26-27-20(17-35-26)19-9-7-6-8-10-19)23(29)16-34-24(30)12-11-18-14-21(31-2)25(33-4)22(15-18)32-3/h5-10,14-15,17H,1,11-13,16H2,2-4H3. The molecule has 0 saturated carbocycles. The number of ether oxygens (including phenoxy) is 4. The zero-order valence-electron chi connectivity index (χ0n) is 20.0. The Balaban J connectivity index is 1.59. The van der Waals surface area contributed by atoms with Crippen LogP contribution in [0.1, 0.15) is 12.0 Å². The van der Waals surface area contributed by atoms with Gasteiger partial charge in [0, 0.05) is 23.9 Å². The smallest absolute Gasteiger partial charge is 0.306 e. The summed E-state index contributed by atoms with van der Waals surface area (Å²) in [6.45, 7) is 3.58. The highest BCUT2D eigenvalue weighted by Gasteiger charge is 2.20. The third-order valence-electron chi connectivity index (χ3n) is 5.10. The Morgan fingerprint density at radius 2 is 1.74 bits per heavy atom. The molecule has 0 saturated heterocycles. The fourth-order valence-corrected chi connectivity index (χ4v) is 4.22. The molecule has 0 fully saturated rings. The number of esters is 1. The fourth-order valence-electron chi connectivity index (χ4n) is 3.36. The number of hydrogen-bond donors (Lipinski definition) is 0. The molecule has 0 spiro atoms. The van der Waals surface area contributed by atoms with Gasteiger partial charge in [0.25, 0.3) is 5.91 Å². The normalized spacial score (nSPS) is 10.4. The number of nitrogens with zero attached hydrogens (tertiary/aromatic N) is 2. The second-order valence-corrected chi connectivity index (χ2v) is 8.21. The molecule has 2 aromatic carbocycles. The molecular weight excluding hydrogens is 468 g/mol. The van der Waals surface area contributed by atoms with Crippen molar-refractivity contribution in [1.29, 1.82) is 0 Å². The summed E-state index contributed by atoms with van der Waals surface area (Å²) in [6, 6.07) is 13.2. The van der Waals surface area contributed by atoms with Gasteiger partial charge < -0.3 is 18.9 Å². The number of methoxy groups -OCH3 is 3. The molecule has 0 aliphatic rings. The van der Waals surface area contributed by atoms with Gasteiger partial charge in [-0.15, -0.1) is 17.9 Å². The van der Waals surface area contributed by atoms with Crippen molar-refractivity contribution in [1.82, 2.24) is 4.98 Å². The molecule has 3 aromatic rings. The lowest BCUT2D eigenvalue weighted by Crippen LogP contribution is -2.34. The average Bonchev–Trinajstić information content (AvgIpc) is 3.38. The zero-order chi connectivity index (χ0) is 25.2. The molecule has 0 unspecified atom stereocenters. The van der Waals surface area contributed by atoms with Crippen molar-refractivity contribution in [3.05, 3.63) is 66.1 Å². The molecule has 0 atom stereocenters. The number of rotatable bonds is 12. The van der Waals surface area contributed by atoms with Gasteiger partial charge in [-0.1, -0.05) is 36.4 Å². The minimum Gasteiger partial charge on any atom is -0.493 e. The zero-order valence-corrected chi connectivity index (χ0v) is 20.8. The maximum absolute atomic E-state index is 12.8. The maximum atomic E-state index is 12.8. The first-order valence-corrected chi connectivity index (χ1v) is 11.7.